The van der Waals surface area contributed by atoms with Crippen LogP contribution in [0.1, 0.15) is 23.2 Å². The molecule has 0 bridgehead atoms. The van der Waals surface area contributed by atoms with E-state index < -0.39 is 18.0 Å². The molecule has 0 saturated carbocycles. The Labute approximate surface area is 160 Å². The minimum absolute atomic E-state index is 0.295. The molecular formula is C18H18ClN5O3. The summed E-state index contributed by atoms with van der Waals surface area (Å²) in [4.78, 5) is 42.3. The second-order valence-electron chi connectivity index (χ2n) is 5.98. The van der Waals surface area contributed by atoms with Crippen molar-refractivity contribution in [3.8, 4) is 0 Å². The molecule has 140 valence electrons. The van der Waals surface area contributed by atoms with Gasteiger partial charge >= 0.3 is 6.03 Å². The van der Waals surface area contributed by atoms with Gasteiger partial charge in [-0.15, -0.1) is 0 Å². The highest BCUT2D eigenvalue weighted by Crippen LogP contribution is 2.19. The van der Waals surface area contributed by atoms with Gasteiger partial charge in [0.25, 0.3) is 5.91 Å². The molecule has 1 aliphatic rings. The van der Waals surface area contributed by atoms with Crippen molar-refractivity contribution in [2.45, 2.75) is 18.9 Å². The standard InChI is InChI=1S/C18H18ClN5O3/c19-13-5-1-4-12(10-13)16(25)22-23-18(27)24-9-3-7-15(24)17(26)21-14-6-2-8-20-11-14/h1-2,4-6,8,10-11,15H,3,7,9H2,(H,21,26)(H,22,25)(H,23,27)/t15-/m0/s1. The summed E-state index contributed by atoms with van der Waals surface area (Å²) in [5.41, 5.74) is 5.55. The molecule has 0 radical (unpaired) electrons. The van der Waals surface area contributed by atoms with Gasteiger partial charge in [-0.05, 0) is 43.2 Å². The lowest BCUT2D eigenvalue weighted by atomic mass is 10.2. The van der Waals surface area contributed by atoms with Gasteiger partial charge in [-0.3, -0.25) is 20.0 Å². The number of rotatable bonds is 3. The van der Waals surface area contributed by atoms with Crippen molar-refractivity contribution < 1.29 is 14.4 Å². The highest BCUT2D eigenvalue weighted by molar-refractivity contribution is 6.30. The first-order valence-corrected chi connectivity index (χ1v) is 8.76. The van der Waals surface area contributed by atoms with Crippen molar-refractivity contribution in [1.82, 2.24) is 20.7 Å². The molecule has 1 aromatic carbocycles. The van der Waals surface area contributed by atoms with E-state index in [4.69, 9.17) is 11.6 Å². The van der Waals surface area contributed by atoms with Crippen LogP contribution in [0, 0.1) is 0 Å². The number of pyridine rings is 1. The summed E-state index contributed by atoms with van der Waals surface area (Å²) in [6, 6.07) is 8.61. The number of nitrogens with one attached hydrogen (secondary N) is 3. The molecule has 4 amide bonds. The van der Waals surface area contributed by atoms with Gasteiger partial charge in [0.2, 0.25) is 5.91 Å². The Bertz CT molecular complexity index is 846. The highest BCUT2D eigenvalue weighted by Gasteiger charge is 2.34. The van der Waals surface area contributed by atoms with Gasteiger partial charge in [0.05, 0.1) is 11.9 Å². The van der Waals surface area contributed by atoms with Crippen LogP contribution in [0.2, 0.25) is 5.02 Å². The third-order valence-electron chi connectivity index (χ3n) is 4.12. The van der Waals surface area contributed by atoms with E-state index in [1.54, 1.807) is 36.5 Å². The predicted molar refractivity (Wildman–Crippen MR) is 100 cm³/mol. The van der Waals surface area contributed by atoms with E-state index in [9.17, 15) is 14.4 Å². The number of nitrogens with zero attached hydrogens (tertiary/aromatic N) is 2. The van der Waals surface area contributed by atoms with Gasteiger partial charge in [0.1, 0.15) is 6.04 Å². The number of likely N-dealkylation sites (tertiary alicyclic amines) is 1. The molecule has 1 atom stereocenters. The summed E-state index contributed by atoms with van der Waals surface area (Å²) in [6.07, 6.45) is 4.37. The van der Waals surface area contributed by atoms with Crippen LogP contribution in [0.4, 0.5) is 10.5 Å². The number of aromatic nitrogens is 1. The molecular weight excluding hydrogens is 370 g/mol. The molecule has 0 aliphatic carbocycles. The molecule has 1 saturated heterocycles. The maximum absolute atomic E-state index is 12.5. The van der Waals surface area contributed by atoms with Crippen LogP contribution in [0.5, 0.6) is 0 Å². The summed E-state index contributed by atoms with van der Waals surface area (Å²) in [6.45, 7) is 0.421. The Morgan fingerprint density at radius 3 is 2.74 bits per heavy atom. The van der Waals surface area contributed by atoms with E-state index in [1.807, 2.05) is 0 Å². The summed E-state index contributed by atoms with van der Waals surface area (Å²) >= 11 is 5.85. The molecule has 0 unspecified atom stereocenters. The van der Waals surface area contributed by atoms with Gasteiger partial charge in [-0.2, -0.15) is 0 Å². The molecule has 9 heteroatoms. The Morgan fingerprint density at radius 1 is 1.15 bits per heavy atom. The number of amides is 4. The van der Waals surface area contributed by atoms with Gasteiger partial charge < -0.3 is 10.2 Å². The van der Waals surface area contributed by atoms with E-state index in [2.05, 4.69) is 21.2 Å². The van der Waals surface area contributed by atoms with Crippen LogP contribution in [0.25, 0.3) is 0 Å². The average molecular weight is 388 g/mol. The summed E-state index contributed by atoms with van der Waals surface area (Å²) in [7, 11) is 0. The SMILES string of the molecule is O=C(NNC(=O)N1CCC[C@H]1C(=O)Nc1cccnc1)c1cccc(Cl)c1. The Balaban J connectivity index is 1.57. The Morgan fingerprint density at radius 2 is 2.00 bits per heavy atom. The summed E-state index contributed by atoms with van der Waals surface area (Å²) < 4.78 is 0. The van der Waals surface area contributed by atoms with Gasteiger partial charge in [-0.1, -0.05) is 17.7 Å². The molecule has 2 aromatic rings. The Kier molecular flexibility index (Phi) is 5.87. The van der Waals surface area contributed by atoms with E-state index in [0.717, 1.165) is 0 Å². The van der Waals surface area contributed by atoms with Crippen molar-refractivity contribution >= 4 is 35.1 Å². The molecule has 1 fully saturated rings. The first-order valence-electron chi connectivity index (χ1n) is 8.38. The molecule has 3 N–H and O–H groups in total. The normalized spacial score (nSPS) is 15.9. The molecule has 3 rings (SSSR count). The first kappa shape index (κ1) is 18.7. The third-order valence-corrected chi connectivity index (χ3v) is 4.35. The second kappa shape index (κ2) is 8.50. The van der Waals surface area contributed by atoms with Gasteiger partial charge in [0.15, 0.2) is 0 Å². The molecule has 2 heterocycles. The van der Waals surface area contributed by atoms with Crippen LogP contribution in [0.3, 0.4) is 0 Å². The molecule has 27 heavy (non-hydrogen) atoms. The third kappa shape index (κ3) is 4.73. The lowest BCUT2D eigenvalue weighted by Crippen LogP contribution is -2.52. The minimum atomic E-state index is -0.617. The Hall–Kier alpha value is -3.13. The number of halogens is 1. The minimum Gasteiger partial charge on any atom is -0.323 e. The zero-order valence-electron chi connectivity index (χ0n) is 14.3. The smallest absolute Gasteiger partial charge is 0.323 e. The van der Waals surface area contributed by atoms with Crippen LogP contribution >= 0.6 is 11.6 Å². The molecule has 1 aliphatic heterocycles. The fourth-order valence-electron chi connectivity index (χ4n) is 2.83. The van der Waals surface area contributed by atoms with Crippen molar-refractivity contribution in [2.75, 3.05) is 11.9 Å². The first-order chi connectivity index (χ1) is 13.0. The predicted octanol–water partition coefficient (Wildman–Crippen LogP) is 2.19. The lowest BCUT2D eigenvalue weighted by Gasteiger charge is -2.24. The average Bonchev–Trinajstić information content (AvgIpc) is 3.17. The zero-order valence-corrected chi connectivity index (χ0v) is 15.1. The second-order valence-corrected chi connectivity index (χ2v) is 6.41. The van der Waals surface area contributed by atoms with Gasteiger partial charge in [-0.25, -0.2) is 10.2 Å². The van der Waals surface area contributed by atoms with Gasteiger partial charge in [0, 0.05) is 23.3 Å². The molecule has 8 nitrogen and oxygen atoms in total. The largest absolute Gasteiger partial charge is 0.336 e. The topological polar surface area (TPSA) is 103 Å². The van der Waals surface area contributed by atoms with E-state index in [1.165, 1.54) is 17.2 Å². The maximum Gasteiger partial charge on any atom is 0.336 e. The van der Waals surface area contributed by atoms with E-state index in [0.29, 0.717) is 35.7 Å². The fourth-order valence-corrected chi connectivity index (χ4v) is 3.02. The quantitative estimate of drug-likeness (QED) is 0.702. The van der Waals surface area contributed by atoms with Crippen molar-refractivity contribution in [2.24, 2.45) is 0 Å². The monoisotopic (exact) mass is 387 g/mol. The molecule has 0 spiro atoms. The summed E-state index contributed by atoms with van der Waals surface area (Å²) in [5.74, 6) is -0.793. The number of urea groups is 1. The van der Waals surface area contributed by atoms with E-state index in [-0.39, 0.29) is 5.91 Å². The molecule has 1 aromatic heterocycles. The fraction of sp³-hybridized carbons (Fsp3) is 0.222. The number of carbonyl (C=O) groups excluding carboxylic acids is 3. The van der Waals surface area contributed by atoms with Crippen LogP contribution in [-0.2, 0) is 4.79 Å². The zero-order chi connectivity index (χ0) is 19.2. The maximum atomic E-state index is 12.5. The number of hydrogen-bond acceptors (Lipinski definition) is 4. The van der Waals surface area contributed by atoms with Crippen LogP contribution in [-0.4, -0.2) is 40.3 Å². The lowest BCUT2D eigenvalue weighted by molar-refractivity contribution is -0.119. The number of benzene rings is 1. The van der Waals surface area contributed by atoms with Crippen molar-refractivity contribution in [3.05, 3.63) is 59.4 Å². The van der Waals surface area contributed by atoms with Crippen molar-refractivity contribution in [1.29, 1.82) is 0 Å². The van der Waals surface area contributed by atoms with Crippen molar-refractivity contribution in [3.63, 3.8) is 0 Å². The number of anilines is 1. The van der Waals surface area contributed by atoms with Crippen LogP contribution < -0.4 is 16.2 Å². The van der Waals surface area contributed by atoms with Crippen LogP contribution in [0.15, 0.2) is 48.8 Å². The number of carbonyl (C=O) groups is 3. The van der Waals surface area contributed by atoms with E-state index >= 15 is 0 Å². The number of hydrazine groups is 1. The highest BCUT2D eigenvalue weighted by atomic mass is 35.5. The number of hydrogen-bond donors (Lipinski definition) is 3. The summed E-state index contributed by atoms with van der Waals surface area (Å²) in [5, 5.41) is 3.16.